The second-order valence-electron chi connectivity index (χ2n) is 4.55. The van der Waals surface area contributed by atoms with Crippen molar-refractivity contribution < 1.29 is 37.7 Å². The zero-order valence-electron chi connectivity index (χ0n) is 11.7. The Hall–Kier alpha value is -1.64. The Balaban J connectivity index is 2.67. The highest BCUT2D eigenvalue weighted by molar-refractivity contribution is 5.80. The van der Waals surface area contributed by atoms with Crippen LogP contribution < -0.4 is 0 Å². The number of rotatable bonds is 8. The van der Waals surface area contributed by atoms with Gasteiger partial charge in [0.25, 0.3) is 5.60 Å². The number of aliphatic hydroxyl groups excluding tert-OH is 1. The lowest BCUT2D eigenvalue weighted by atomic mass is 10.1. The maximum atomic E-state index is 12.9. The van der Waals surface area contributed by atoms with Gasteiger partial charge in [0.2, 0.25) is 0 Å². The van der Waals surface area contributed by atoms with Gasteiger partial charge in [0, 0.05) is 13.2 Å². The van der Waals surface area contributed by atoms with Crippen molar-refractivity contribution in [2.24, 2.45) is 0 Å². The van der Waals surface area contributed by atoms with Crippen LogP contribution in [-0.4, -0.2) is 47.8 Å². The van der Waals surface area contributed by atoms with Crippen LogP contribution in [0.15, 0.2) is 30.3 Å². The standard InChI is InChI=1S/C14H17F3O5/c15-14(16,17)13(20,10-21-8-4-7-18)12(19)22-9-11-5-2-1-3-6-11/h1-3,5-6,18,20H,4,7-10H2. The molecule has 1 rings (SSSR count). The van der Waals surface area contributed by atoms with Crippen molar-refractivity contribution >= 4 is 5.97 Å². The predicted octanol–water partition coefficient (Wildman–Crippen LogP) is 1.42. The van der Waals surface area contributed by atoms with E-state index in [4.69, 9.17) is 5.11 Å². The molecule has 0 fully saturated rings. The molecule has 1 atom stereocenters. The number of carbonyl (C=O) groups excluding carboxylic acids is 1. The first-order chi connectivity index (χ1) is 10.3. The van der Waals surface area contributed by atoms with Gasteiger partial charge in [-0.2, -0.15) is 13.2 Å². The summed E-state index contributed by atoms with van der Waals surface area (Å²) in [5.74, 6) is -1.83. The van der Waals surface area contributed by atoms with Crippen LogP contribution in [-0.2, 0) is 20.9 Å². The monoisotopic (exact) mass is 322 g/mol. The zero-order chi connectivity index (χ0) is 16.6. The number of hydrogen-bond acceptors (Lipinski definition) is 5. The number of esters is 1. The lowest BCUT2D eigenvalue weighted by Gasteiger charge is -2.27. The Bertz CT molecular complexity index is 463. The number of ether oxygens (including phenoxy) is 2. The minimum Gasteiger partial charge on any atom is -0.458 e. The molecule has 124 valence electrons. The molecule has 2 N–H and O–H groups in total. The summed E-state index contributed by atoms with van der Waals surface area (Å²) in [7, 11) is 0. The van der Waals surface area contributed by atoms with Crippen molar-refractivity contribution in [1.82, 2.24) is 0 Å². The fourth-order valence-electron chi connectivity index (χ4n) is 1.49. The molecule has 0 aliphatic heterocycles. The van der Waals surface area contributed by atoms with Crippen LogP contribution in [0.3, 0.4) is 0 Å². The molecular weight excluding hydrogens is 305 g/mol. The van der Waals surface area contributed by atoms with E-state index < -0.39 is 31.0 Å². The molecule has 0 bridgehead atoms. The van der Waals surface area contributed by atoms with Crippen LogP contribution in [0, 0.1) is 0 Å². The third-order valence-corrected chi connectivity index (χ3v) is 2.78. The molecule has 1 unspecified atom stereocenters. The predicted molar refractivity (Wildman–Crippen MR) is 69.8 cm³/mol. The maximum Gasteiger partial charge on any atom is 0.430 e. The second kappa shape index (κ2) is 8.11. The van der Waals surface area contributed by atoms with Crippen LogP contribution in [0.4, 0.5) is 13.2 Å². The van der Waals surface area contributed by atoms with E-state index in [2.05, 4.69) is 9.47 Å². The van der Waals surface area contributed by atoms with E-state index in [9.17, 15) is 23.1 Å². The summed E-state index contributed by atoms with van der Waals surface area (Å²) in [5.41, 5.74) is -3.25. The van der Waals surface area contributed by atoms with E-state index in [0.717, 1.165) is 0 Å². The highest BCUT2D eigenvalue weighted by Gasteiger charge is 2.61. The van der Waals surface area contributed by atoms with E-state index in [1.165, 1.54) is 0 Å². The van der Waals surface area contributed by atoms with Crippen LogP contribution >= 0.6 is 0 Å². The molecule has 0 amide bonds. The van der Waals surface area contributed by atoms with Gasteiger partial charge in [-0.3, -0.25) is 0 Å². The molecule has 0 radical (unpaired) electrons. The quantitative estimate of drug-likeness (QED) is 0.559. The van der Waals surface area contributed by atoms with E-state index >= 15 is 0 Å². The van der Waals surface area contributed by atoms with Crippen LogP contribution in [0.5, 0.6) is 0 Å². The average Bonchev–Trinajstić information content (AvgIpc) is 2.48. The van der Waals surface area contributed by atoms with Gasteiger partial charge in [-0.1, -0.05) is 30.3 Å². The zero-order valence-corrected chi connectivity index (χ0v) is 11.7. The Morgan fingerprint density at radius 2 is 1.82 bits per heavy atom. The average molecular weight is 322 g/mol. The van der Waals surface area contributed by atoms with Crippen molar-refractivity contribution in [1.29, 1.82) is 0 Å². The van der Waals surface area contributed by atoms with E-state index in [0.29, 0.717) is 5.56 Å². The summed E-state index contributed by atoms with van der Waals surface area (Å²) in [6.07, 6.45) is -5.15. The molecule has 0 spiro atoms. The van der Waals surface area contributed by atoms with Crippen LogP contribution in [0.1, 0.15) is 12.0 Å². The summed E-state index contributed by atoms with van der Waals surface area (Å²) in [4.78, 5) is 11.6. The smallest absolute Gasteiger partial charge is 0.430 e. The number of hydrogen-bond donors (Lipinski definition) is 2. The SMILES string of the molecule is O=C(OCc1ccccc1)C(O)(COCCCO)C(F)(F)F. The first-order valence-corrected chi connectivity index (χ1v) is 6.50. The molecule has 0 aliphatic rings. The van der Waals surface area contributed by atoms with Gasteiger partial charge in [-0.05, 0) is 12.0 Å². The van der Waals surface area contributed by atoms with Gasteiger partial charge in [0.05, 0.1) is 6.61 Å². The molecule has 0 aliphatic carbocycles. The topological polar surface area (TPSA) is 76.0 Å². The number of alkyl halides is 3. The van der Waals surface area contributed by atoms with Gasteiger partial charge < -0.3 is 19.7 Å². The number of aliphatic hydroxyl groups is 2. The van der Waals surface area contributed by atoms with Gasteiger partial charge >= 0.3 is 12.1 Å². The van der Waals surface area contributed by atoms with Crippen molar-refractivity contribution in [3.8, 4) is 0 Å². The summed E-state index contributed by atoms with van der Waals surface area (Å²) < 4.78 is 47.9. The fourth-order valence-corrected chi connectivity index (χ4v) is 1.49. The van der Waals surface area contributed by atoms with Crippen molar-refractivity contribution in [2.45, 2.75) is 24.8 Å². The van der Waals surface area contributed by atoms with Crippen molar-refractivity contribution in [2.75, 3.05) is 19.8 Å². The third-order valence-electron chi connectivity index (χ3n) is 2.78. The molecule has 1 aromatic carbocycles. The lowest BCUT2D eigenvalue weighted by molar-refractivity contribution is -0.275. The van der Waals surface area contributed by atoms with Crippen molar-refractivity contribution in [3.63, 3.8) is 0 Å². The molecule has 1 aromatic rings. The Kier molecular flexibility index (Phi) is 6.79. The number of benzene rings is 1. The van der Waals surface area contributed by atoms with E-state index in [1.54, 1.807) is 30.3 Å². The summed E-state index contributed by atoms with van der Waals surface area (Å²) in [6.45, 7) is -2.18. The van der Waals surface area contributed by atoms with E-state index in [1.807, 2.05) is 0 Å². The first-order valence-electron chi connectivity index (χ1n) is 6.50. The van der Waals surface area contributed by atoms with Crippen molar-refractivity contribution in [3.05, 3.63) is 35.9 Å². The third kappa shape index (κ3) is 4.97. The second-order valence-corrected chi connectivity index (χ2v) is 4.55. The lowest BCUT2D eigenvalue weighted by Crippen LogP contribution is -2.56. The summed E-state index contributed by atoms with van der Waals surface area (Å²) in [6, 6.07) is 8.11. The Labute approximate surface area is 125 Å². The maximum absolute atomic E-state index is 12.9. The molecule has 0 saturated carbocycles. The first kappa shape index (κ1) is 18.4. The van der Waals surface area contributed by atoms with Gasteiger partial charge in [-0.15, -0.1) is 0 Å². The Morgan fingerprint density at radius 1 is 1.18 bits per heavy atom. The highest BCUT2D eigenvalue weighted by atomic mass is 19.4. The molecule has 0 heterocycles. The molecule has 22 heavy (non-hydrogen) atoms. The number of halogens is 3. The van der Waals surface area contributed by atoms with Gasteiger partial charge in [0.1, 0.15) is 6.61 Å². The fraction of sp³-hybridized carbons (Fsp3) is 0.500. The van der Waals surface area contributed by atoms with Crippen LogP contribution in [0.25, 0.3) is 0 Å². The van der Waals surface area contributed by atoms with E-state index in [-0.39, 0.29) is 19.6 Å². The Morgan fingerprint density at radius 3 is 2.36 bits per heavy atom. The number of carbonyl (C=O) groups is 1. The molecule has 8 heteroatoms. The van der Waals surface area contributed by atoms with Gasteiger partial charge in [0.15, 0.2) is 0 Å². The normalized spacial score (nSPS) is 14.4. The van der Waals surface area contributed by atoms with Crippen LogP contribution in [0.2, 0.25) is 0 Å². The largest absolute Gasteiger partial charge is 0.458 e. The molecule has 5 nitrogen and oxygen atoms in total. The minimum absolute atomic E-state index is 0.0903. The molecule has 0 aromatic heterocycles. The molecule has 0 saturated heterocycles. The summed E-state index contributed by atoms with van der Waals surface area (Å²) >= 11 is 0. The highest BCUT2D eigenvalue weighted by Crippen LogP contribution is 2.32. The minimum atomic E-state index is -5.24. The van der Waals surface area contributed by atoms with Gasteiger partial charge in [-0.25, -0.2) is 4.79 Å². The summed E-state index contributed by atoms with van der Waals surface area (Å²) in [5, 5.41) is 18.1. The molecular formula is C14H17F3O5.